The topological polar surface area (TPSA) is 145 Å². The van der Waals surface area contributed by atoms with Gasteiger partial charge in [-0.05, 0) is 117 Å². The van der Waals surface area contributed by atoms with Crippen LogP contribution in [0.3, 0.4) is 0 Å². The summed E-state index contributed by atoms with van der Waals surface area (Å²) >= 11 is 0. The maximum atomic E-state index is 11.2. The summed E-state index contributed by atoms with van der Waals surface area (Å²) < 4.78 is 0. The number of rotatable bonds is 16. The number of phenolic OH excluding ortho intramolecular Hbond substituents is 2. The van der Waals surface area contributed by atoms with Gasteiger partial charge in [-0.1, -0.05) is 89.8 Å². The monoisotopic (exact) mass is 767 g/mol. The molecule has 4 aromatic rings. The first-order chi connectivity index (χ1) is 24.9. The number of aryl methyl sites for hydroxylation is 4. The van der Waals surface area contributed by atoms with Gasteiger partial charge in [-0.3, -0.25) is 9.98 Å². The van der Waals surface area contributed by atoms with E-state index in [1.165, 1.54) is 11.1 Å². The van der Waals surface area contributed by atoms with Gasteiger partial charge >= 0.3 is 16.8 Å². The van der Waals surface area contributed by atoms with Crippen LogP contribution < -0.4 is 10.2 Å². The Kier molecular flexibility index (Phi) is 22.4. The molecule has 0 amide bonds. The predicted molar refractivity (Wildman–Crippen MR) is 210 cm³/mol. The molecule has 0 unspecified atom stereocenters. The molecule has 0 aliphatic heterocycles. The fourth-order valence-electron chi connectivity index (χ4n) is 5.73. The molecule has 0 heterocycles. The first-order valence-electron chi connectivity index (χ1n) is 18.6. The summed E-state index contributed by atoms with van der Waals surface area (Å²) in [6.07, 6.45) is 16.1. The number of carbonyl (C=O) groups excluding carboxylic acids is 2. The standard InChI is InChI=1S/C40H50N2O2.2C2H4O2.Co/c1-5-9-15-29-23-32(17-11-7-3)39(43)34(25-29)27-41-36-21-13-19-31-20-14-22-37(38(31)36)42-28-35-26-30(16-10-6-2)24-33(40(35)44)18-12-8-4;2*1-2(3)4;/h13-14,19-28,43-44H,5-12,15-18H2,1-4H3;2*1H3,(H,3,4);/q;;;+2/p-2. The van der Waals surface area contributed by atoms with E-state index in [4.69, 9.17) is 29.8 Å². The molecule has 287 valence electrons. The predicted octanol–water partition coefficient (Wildman–Crippen LogP) is 8.63. The molecule has 9 heteroatoms. The van der Waals surface area contributed by atoms with Crippen molar-refractivity contribution in [3.05, 3.63) is 94.0 Å². The van der Waals surface area contributed by atoms with E-state index in [0.717, 1.165) is 135 Å². The third kappa shape index (κ3) is 16.4. The van der Waals surface area contributed by atoms with Crippen molar-refractivity contribution < 1.29 is 46.8 Å². The number of carbonyl (C=O) groups is 2. The minimum absolute atomic E-state index is 0. The molecule has 0 bridgehead atoms. The zero-order valence-electron chi connectivity index (χ0n) is 32.2. The molecule has 0 spiro atoms. The zero-order valence-corrected chi connectivity index (χ0v) is 33.2. The number of aliphatic carboxylic acids is 2. The number of aromatic hydroxyl groups is 2. The molecular weight excluding hydrogens is 711 g/mol. The third-order valence-corrected chi connectivity index (χ3v) is 8.34. The Morgan fingerprint density at radius 1 is 0.604 bits per heavy atom. The summed E-state index contributed by atoms with van der Waals surface area (Å²) in [5.41, 5.74) is 7.63. The van der Waals surface area contributed by atoms with Crippen molar-refractivity contribution in [1.82, 2.24) is 0 Å². The van der Waals surface area contributed by atoms with E-state index in [1.54, 1.807) is 12.4 Å². The van der Waals surface area contributed by atoms with Crippen molar-refractivity contribution in [3.63, 3.8) is 0 Å². The van der Waals surface area contributed by atoms with Crippen LogP contribution in [-0.4, -0.2) is 34.6 Å². The summed E-state index contributed by atoms with van der Waals surface area (Å²) in [4.78, 5) is 27.6. The average molecular weight is 768 g/mol. The fraction of sp³-hybridized carbons (Fsp3) is 0.409. The number of benzene rings is 4. The summed E-state index contributed by atoms with van der Waals surface area (Å²) in [6.45, 7) is 10.7. The maximum Gasteiger partial charge on any atom is 2.00 e. The van der Waals surface area contributed by atoms with E-state index < -0.39 is 11.9 Å². The number of fused-ring (bicyclic) bond motifs is 1. The van der Waals surface area contributed by atoms with Gasteiger partial charge in [0.1, 0.15) is 11.5 Å². The summed E-state index contributed by atoms with van der Waals surface area (Å²) in [5, 5.41) is 42.1. The molecule has 0 atom stereocenters. The largest absolute Gasteiger partial charge is 2.00 e. The van der Waals surface area contributed by atoms with Gasteiger partial charge in [-0.25, -0.2) is 0 Å². The molecule has 1 radical (unpaired) electrons. The first kappa shape index (κ1) is 46.5. The van der Waals surface area contributed by atoms with E-state index >= 15 is 0 Å². The van der Waals surface area contributed by atoms with Crippen LogP contribution in [0.2, 0.25) is 0 Å². The van der Waals surface area contributed by atoms with Gasteiger partial charge in [0.25, 0.3) is 0 Å². The van der Waals surface area contributed by atoms with Crippen LogP contribution in [-0.2, 0) is 52.1 Å². The van der Waals surface area contributed by atoms with Crippen LogP contribution in [0.25, 0.3) is 10.8 Å². The summed E-state index contributed by atoms with van der Waals surface area (Å²) in [6, 6.07) is 20.7. The van der Waals surface area contributed by atoms with Gasteiger partial charge in [-0.2, -0.15) is 0 Å². The van der Waals surface area contributed by atoms with Crippen LogP contribution in [0.5, 0.6) is 11.5 Å². The quantitative estimate of drug-likeness (QED) is 0.109. The summed E-state index contributed by atoms with van der Waals surface area (Å²) in [7, 11) is 0. The van der Waals surface area contributed by atoms with Gasteiger partial charge in [-0.15, -0.1) is 0 Å². The molecule has 4 rings (SSSR count). The molecule has 0 aliphatic rings. The Hall–Kier alpha value is -4.47. The van der Waals surface area contributed by atoms with E-state index in [2.05, 4.69) is 64.1 Å². The summed E-state index contributed by atoms with van der Waals surface area (Å²) in [5.74, 6) is -1.50. The zero-order chi connectivity index (χ0) is 38.5. The van der Waals surface area contributed by atoms with Gasteiger partial charge in [0.15, 0.2) is 0 Å². The van der Waals surface area contributed by atoms with Crippen LogP contribution in [0.1, 0.15) is 126 Å². The Morgan fingerprint density at radius 2 is 0.943 bits per heavy atom. The molecule has 0 saturated heterocycles. The van der Waals surface area contributed by atoms with Crippen molar-refractivity contribution in [2.24, 2.45) is 9.98 Å². The molecule has 0 aliphatic carbocycles. The van der Waals surface area contributed by atoms with Crippen molar-refractivity contribution >= 4 is 46.5 Å². The second-order valence-electron chi connectivity index (χ2n) is 13.0. The Bertz CT molecular complexity index is 1670. The van der Waals surface area contributed by atoms with Gasteiger partial charge < -0.3 is 30.0 Å². The maximum absolute atomic E-state index is 11.2. The van der Waals surface area contributed by atoms with Crippen LogP contribution in [0.4, 0.5) is 11.4 Å². The number of phenols is 2. The van der Waals surface area contributed by atoms with Gasteiger partial charge in [0.05, 0.1) is 11.4 Å². The van der Waals surface area contributed by atoms with E-state index in [9.17, 15) is 10.2 Å². The van der Waals surface area contributed by atoms with Crippen molar-refractivity contribution in [3.8, 4) is 11.5 Å². The van der Waals surface area contributed by atoms with Crippen LogP contribution in [0, 0.1) is 0 Å². The van der Waals surface area contributed by atoms with Crippen molar-refractivity contribution in [2.75, 3.05) is 0 Å². The number of unbranched alkanes of at least 4 members (excludes halogenated alkanes) is 4. The molecule has 0 saturated carbocycles. The second-order valence-corrected chi connectivity index (χ2v) is 13.0. The minimum atomic E-state index is -1.08. The molecular formula is C44H56CoN2O6. The molecule has 2 N–H and O–H groups in total. The fourth-order valence-corrected chi connectivity index (χ4v) is 5.73. The van der Waals surface area contributed by atoms with Crippen molar-refractivity contribution in [2.45, 2.75) is 119 Å². The van der Waals surface area contributed by atoms with Crippen molar-refractivity contribution in [1.29, 1.82) is 0 Å². The Balaban J connectivity index is 0.00000142. The first-order valence-corrected chi connectivity index (χ1v) is 18.6. The Labute approximate surface area is 326 Å². The van der Waals surface area contributed by atoms with E-state index in [1.807, 2.05) is 24.3 Å². The third-order valence-electron chi connectivity index (χ3n) is 8.34. The van der Waals surface area contributed by atoms with Crippen LogP contribution in [0.15, 0.2) is 70.6 Å². The minimum Gasteiger partial charge on any atom is -0.550 e. The number of nitrogens with zero attached hydrogens (tertiary/aromatic N) is 2. The van der Waals surface area contributed by atoms with Gasteiger partial charge in [0, 0.05) is 40.9 Å². The SMILES string of the molecule is CC(=O)[O-].CC(=O)[O-].CCCCc1cc(C=Nc2cccc3cccc(N=Cc4cc(CCCC)cc(CCCC)c4O)c23)c(O)c(CCCC)c1.[Co+2]. The normalized spacial score (nSPS) is 10.8. The number of hydrogen-bond acceptors (Lipinski definition) is 8. The number of carboxylic acid groups (broad SMARTS) is 2. The van der Waals surface area contributed by atoms with E-state index in [0.29, 0.717) is 11.5 Å². The van der Waals surface area contributed by atoms with Gasteiger partial charge in [0.2, 0.25) is 0 Å². The van der Waals surface area contributed by atoms with E-state index in [-0.39, 0.29) is 16.8 Å². The molecule has 8 nitrogen and oxygen atoms in total. The number of hydrogen-bond donors (Lipinski definition) is 2. The van der Waals surface area contributed by atoms with Crippen LogP contribution >= 0.6 is 0 Å². The number of aliphatic imine (C=N–C) groups is 2. The molecule has 53 heavy (non-hydrogen) atoms. The average Bonchev–Trinajstić information content (AvgIpc) is 3.11. The number of carboxylic acids is 2. The molecule has 0 fully saturated rings. The second kappa shape index (κ2) is 25.5. The molecule has 4 aromatic carbocycles. The Morgan fingerprint density at radius 3 is 1.28 bits per heavy atom. The molecule has 0 aromatic heterocycles. The smallest absolute Gasteiger partial charge is 0.550 e.